The number of hydrogen-bond acceptors (Lipinski definition) is 3. The highest BCUT2D eigenvalue weighted by Gasteiger charge is 2.17. The quantitative estimate of drug-likeness (QED) is 0.888. The fourth-order valence-corrected chi connectivity index (χ4v) is 1.73. The highest BCUT2D eigenvalue weighted by atomic mass is 35.5. The molecule has 0 heterocycles. The van der Waals surface area contributed by atoms with E-state index in [4.69, 9.17) is 22.1 Å². The number of hydrogen-bond donors (Lipinski definition) is 2. The van der Waals surface area contributed by atoms with E-state index in [1.54, 1.807) is 26.8 Å². The van der Waals surface area contributed by atoms with Crippen LogP contribution in [0.5, 0.6) is 0 Å². The molecule has 1 aromatic carbocycles. The van der Waals surface area contributed by atoms with Crippen molar-refractivity contribution in [2.24, 2.45) is 5.73 Å². The minimum atomic E-state index is -0.537. The molecule has 1 unspecified atom stereocenters. The van der Waals surface area contributed by atoms with Crippen LogP contribution in [-0.2, 0) is 4.74 Å². The molecule has 0 fully saturated rings. The molecule has 0 aliphatic rings. The van der Waals surface area contributed by atoms with Crippen LogP contribution >= 0.6 is 11.6 Å². The molecule has 0 bridgehead atoms. The van der Waals surface area contributed by atoms with Crippen LogP contribution in [-0.4, -0.2) is 18.2 Å². The number of ether oxygens (including phenoxy) is 1. The van der Waals surface area contributed by atoms with Crippen molar-refractivity contribution in [3.05, 3.63) is 28.8 Å². The zero-order valence-electron chi connectivity index (χ0n) is 11.8. The number of anilines is 1. The van der Waals surface area contributed by atoms with Crippen LogP contribution < -0.4 is 11.1 Å². The Labute approximate surface area is 119 Å². The van der Waals surface area contributed by atoms with Crippen LogP contribution in [0, 0.1) is 0 Å². The third-order valence-electron chi connectivity index (χ3n) is 2.55. The predicted octanol–water partition coefficient (Wildman–Crippen LogP) is 3.75. The largest absolute Gasteiger partial charge is 0.444 e. The summed E-state index contributed by atoms with van der Waals surface area (Å²) in [6.45, 7) is 7.99. The highest BCUT2D eigenvalue weighted by molar-refractivity contribution is 6.33. The monoisotopic (exact) mass is 284 g/mol. The topological polar surface area (TPSA) is 64.3 Å². The summed E-state index contributed by atoms with van der Waals surface area (Å²) >= 11 is 6.13. The Kier molecular flexibility index (Phi) is 5.20. The van der Waals surface area contributed by atoms with Crippen LogP contribution in [0.2, 0.25) is 5.02 Å². The van der Waals surface area contributed by atoms with E-state index < -0.39 is 11.7 Å². The van der Waals surface area contributed by atoms with Crippen LogP contribution in [0.3, 0.4) is 0 Å². The fraction of sp³-hybridized carbons (Fsp3) is 0.500. The molecule has 0 saturated carbocycles. The zero-order chi connectivity index (χ0) is 14.6. The summed E-state index contributed by atoms with van der Waals surface area (Å²) in [6.07, 6.45) is -0.519. The molecule has 3 N–H and O–H groups in total. The molecule has 1 atom stereocenters. The Morgan fingerprint density at radius 3 is 2.58 bits per heavy atom. The Bertz CT molecular complexity index is 455. The summed E-state index contributed by atoms with van der Waals surface area (Å²) in [5.74, 6) is 0.230. The molecule has 1 aromatic rings. The summed E-state index contributed by atoms with van der Waals surface area (Å²) in [5, 5.41) is 3.10. The highest BCUT2D eigenvalue weighted by Crippen LogP contribution is 2.26. The molecule has 0 aliphatic heterocycles. The molecular formula is C14H21ClN2O2. The number of carbonyl (C=O) groups excluding carboxylic acids is 1. The van der Waals surface area contributed by atoms with Gasteiger partial charge in [0.15, 0.2) is 0 Å². The van der Waals surface area contributed by atoms with E-state index in [2.05, 4.69) is 5.32 Å². The number of carbonyl (C=O) groups is 1. The SMILES string of the molecule is CC(CN)c1ccc(NC(=O)OC(C)(C)C)c(Cl)c1. The maximum atomic E-state index is 11.6. The van der Waals surface area contributed by atoms with Gasteiger partial charge < -0.3 is 10.5 Å². The maximum absolute atomic E-state index is 11.6. The van der Waals surface area contributed by atoms with Crippen LogP contribution in [0.15, 0.2) is 18.2 Å². The van der Waals surface area contributed by atoms with Gasteiger partial charge in [0.05, 0.1) is 10.7 Å². The number of nitrogens with two attached hydrogens (primary N) is 1. The van der Waals surface area contributed by atoms with Crippen molar-refractivity contribution < 1.29 is 9.53 Å². The van der Waals surface area contributed by atoms with Crippen molar-refractivity contribution in [1.82, 2.24) is 0 Å². The molecule has 106 valence electrons. The van der Waals surface area contributed by atoms with Gasteiger partial charge >= 0.3 is 6.09 Å². The van der Waals surface area contributed by atoms with Crippen LogP contribution in [0.25, 0.3) is 0 Å². The van der Waals surface area contributed by atoms with Gasteiger partial charge in [0, 0.05) is 0 Å². The first-order valence-electron chi connectivity index (χ1n) is 6.22. The molecule has 0 saturated heterocycles. The average molecular weight is 285 g/mol. The molecule has 19 heavy (non-hydrogen) atoms. The number of amides is 1. The lowest BCUT2D eigenvalue weighted by molar-refractivity contribution is 0.0636. The second-order valence-electron chi connectivity index (χ2n) is 5.50. The number of benzene rings is 1. The van der Waals surface area contributed by atoms with Gasteiger partial charge in [0.1, 0.15) is 5.60 Å². The molecule has 4 nitrogen and oxygen atoms in total. The Hall–Kier alpha value is -1.26. The first-order chi connectivity index (χ1) is 8.73. The lowest BCUT2D eigenvalue weighted by atomic mass is 10.0. The molecular weight excluding hydrogens is 264 g/mol. The first kappa shape index (κ1) is 15.8. The third-order valence-corrected chi connectivity index (χ3v) is 2.86. The Morgan fingerprint density at radius 2 is 2.11 bits per heavy atom. The van der Waals surface area contributed by atoms with Gasteiger partial charge in [-0.3, -0.25) is 5.32 Å². The minimum Gasteiger partial charge on any atom is -0.444 e. The Balaban J connectivity index is 2.78. The minimum absolute atomic E-state index is 0.230. The normalized spacial score (nSPS) is 12.9. The standard InChI is InChI=1S/C14H21ClN2O2/c1-9(8-16)10-5-6-12(11(15)7-10)17-13(18)19-14(2,3)4/h5-7,9H,8,16H2,1-4H3,(H,17,18). The van der Waals surface area contributed by atoms with Gasteiger partial charge in [0.2, 0.25) is 0 Å². The maximum Gasteiger partial charge on any atom is 0.412 e. The molecule has 0 aliphatic carbocycles. The van der Waals surface area contributed by atoms with Gasteiger partial charge in [0.25, 0.3) is 0 Å². The van der Waals surface area contributed by atoms with E-state index in [0.717, 1.165) is 5.56 Å². The van der Waals surface area contributed by atoms with Crippen molar-refractivity contribution in [3.8, 4) is 0 Å². The van der Waals surface area contributed by atoms with E-state index in [1.807, 2.05) is 19.1 Å². The molecule has 1 amide bonds. The molecule has 5 heteroatoms. The lowest BCUT2D eigenvalue weighted by Crippen LogP contribution is -2.27. The van der Waals surface area contributed by atoms with E-state index in [9.17, 15) is 4.79 Å². The van der Waals surface area contributed by atoms with Gasteiger partial charge in [-0.2, -0.15) is 0 Å². The Morgan fingerprint density at radius 1 is 1.47 bits per heavy atom. The summed E-state index contributed by atoms with van der Waals surface area (Å²) in [5.41, 5.74) is 6.65. The van der Waals surface area contributed by atoms with E-state index in [1.165, 1.54) is 0 Å². The number of rotatable bonds is 3. The van der Waals surface area contributed by atoms with Crippen molar-refractivity contribution in [1.29, 1.82) is 0 Å². The number of halogens is 1. The summed E-state index contributed by atoms with van der Waals surface area (Å²) in [4.78, 5) is 11.6. The van der Waals surface area contributed by atoms with Crippen molar-refractivity contribution in [3.63, 3.8) is 0 Å². The zero-order valence-corrected chi connectivity index (χ0v) is 12.5. The van der Waals surface area contributed by atoms with Gasteiger partial charge in [-0.1, -0.05) is 24.6 Å². The average Bonchev–Trinajstić information content (AvgIpc) is 2.28. The van der Waals surface area contributed by atoms with Gasteiger partial charge in [-0.05, 0) is 50.9 Å². The lowest BCUT2D eigenvalue weighted by Gasteiger charge is -2.20. The molecule has 0 aromatic heterocycles. The second kappa shape index (κ2) is 6.26. The van der Waals surface area contributed by atoms with Crippen LogP contribution in [0.1, 0.15) is 39.2 Å². The second-order valence-corrected chi connectivity index (χ2v) is 5.91. The third kappa shape index (κ3) is 5.09. The summed E-state index contributed by atoms with van der Waals surface area (Å²) < 4.78 is 5.17. The van der Waals surface area contributed by atoms with Crippen molar-refractivity contribution in [2.75, 3.05) is 11.9 Å². The fourth-order valence-electron chi connectivity index (χ4n) is 1.49. The summed E-state index contributed by atoms with van der Waals surface area (Å²) in [7, 11) is 0. The van der Waals surface area contributed by atoms with E-state index in [-0.39, 0.29) is 5.92 Å². The van der Waals surface area contributed by atoms with Gasteiger partial charge in [-0.15, -0.1) is 0 Å². The molecule has 0 radical (unpaired) electrons. The molecule has 1 rings (SSSR count). The number of nitrogens with one attached hydrogen (secondary N) is 1. The molecule has 0 spiro atoms. The first-order valence-corrected chi connectivity index (χ1v) is 6.60. The summed E-state index contributed by atoms with van der Waals surface area (Å²) in [6, 6.07) is 5.47. The van der Waals surface area contributed by atoms with Crippen LogP contribution in [0.4, 0.5) is 10.5 Å². The van der Waals surface area contributed by atoms with Crippen molar-refractivity contribution in [2.45, 2.75) is 39.2 Å². The van der Waals surface area contributed by atoms with Gasteiger partial charge in [-0.25, -0.2) is 4.79 Å². The predicted molar refractivity (Wildman–Crippen MR) is 78.8 cm³/mol. The van der Waals surface area contributed by atoms with E-state index >= 15 is 0 Å². The van der Waals surface area contributed by atoms with E-state index in [0.29, 0.717) is 17.3 Å². The smallest absolute Gasteiger partial charge is 0.412 e. The van der Waals surface area contributed by atoms with Crippen molar-refractivity contribution >= 4 is 23.4 Å².